The van der Waals surface area contributed by atoms with Crippen molar-refractivity contribution < 1.29 is 19.3 Å². The summed E-state index contributed by atoms with van der Waals surface area (Å²) in [7, 11) is 1.64. The van der Waals surface area contributed by atoms with Gasteiger partial charge >= 0.3 is 0 Å². The zero-order chi connectivity index (χ0) is 13.8. The minimum atomic E-state index is -0.784. The van der Waals surface area contributed by atoms with Crippen LogP contribution in [0.1, 0.15) is 32.1 Å². The van der Waals surface area contributed by atoms with Gasteiger partial charge in [-0.3, -0.25) is 0 Å². The molecule has 3 atom stereocenters. The van der Waals surface area contributed by atoms with Gasteiger partial charge in [0.25, 0.3) is 0 Å². The van der Waals surface area contributed by atoms with Crippen LogP contribution in [0.5, 0.6) is 0 Å². The van der Waals surface area contributed by atoms with Gasteiger partial charge in [-0.25, -0.2) is 0 Å². The molecule has 0 aromatic rings. The molecule has 3 N–H and O–H groups in total. The monoisotopic (exact) mass is 273 g/mol. The first-order valence-electron chi connectivity index (χ1n) is 7.27. The maximum Gasteiger partial charge on any atom is 0.0940 e. The summed E-state index contributed by atoms with van der Waals surface area (Å²) in [6, 6.07) is 0. The highest BCUT2D eigenvalue weighted by Gasteiger charge is 2.47. The third kappa shape index (κ3) is 3.47. The van der Waals surface area contributed by atoms with Crippen molar-refractivity contribution in [3.63, 3.8) is 0 Å². The fourth-order valence-corrected chi connectivity index (χ4v) is 3.40. The van der Waals surface area contributed by atoms with Crippen molar-refractivity contribution in [2.24, 2.45) is 11.7 Å². The van der Waals surface area contributed by atoms with Crippen molar-refractivity contribution in [1.29, 1.82) is 0 Å². The smallest absolute Gasteiger partial charge is 0.0940 e. The predicted molar refractivity (Wildman–Crippen MR) is 72.0 cm³/mol. The summed E-state index contributed by atoms with van der Waals surface area (Å²) in [6.45, 7) is 3.09. The van der Waals surface area contributed by atoms with Crippen LogP contribution in [-0.2, 0) is 14.2 Å². The van der Waals surface area contributed by atoms with Crippen molar-refractivity contribution >= 4 is 0 Å². The van der Waals surface area contributed by atoms with Crippen molar-refractivity contribution in [1.82, 2.24) is 0 Å². The van der Waals surface area contributed by atoms with Gasteiger partial charge in [0, 0.05) is 26.7 Å². The van der Waals surface area contributed by atoms with Gasteiger partial charge < -0.3 is 25.1 Å². The zero-order valence-corrected chi connectivity index (χ0v) is 11.9. The molecule has 5 nitrogen and oxygen atoms in total. The Morgan fingerprint density at radius 2 is 2.32 bits per heavy atom. The average molecular weight is 273 g/mol. The summed E-state index contributed by atoms with van der Waals surface area (Å²) < 4.78 is 16.7. The standard InChI is InChI=1S/C14H27NO4/c1-17-11-14(16,4-2-6-15)12-3-7-19-13(9-12)5-8-18-10-13/h12,16H,2-11,15H2,1H3. The lowest BCUT2D eigenvalue weighted by Crippen LogP contribution is -2.51. The van der Waals surface area contributed by atoms with Crippen molar-refractivity contribution in [2.45, 2.75) is 43.3 Å². The molecule has 0 radical (unpaired) electrons. The average Bonchev–Trinajstić information content (AvgIpc) is 2.85. The maximum absolute atomic E-state index is 10.9. The van der Waals surface area contributed by atoms with E-state index in [0.29, 0.717) is 32.8 Å². The molecule has 2 aliphatic rings. The minimum Gasteiger partial charge on any atom is -0.387 e. The number of aliphatic hydroxyl groups is 1. The molecule has 0 saturated carbocycles. The van der Waals surface area contributed by atoms with Crippen LogP contribution in [0.4, 0.5) is 0 Å². The highest BCUT2D eigenvalue weighted by molar-refractivity contribution is 4.97. The van der Waals surface area contributed by atoms with E-state index in [1.54, 1.807) is 7.11 Å². The number of ether oxygens (including phenoxy) is 3. The van der Waals surface area contributed by atoms with E-state index < -0.39 is 5.60 Å². The second-order valence-corrected chi connectivity index (χ2v) is 5.95. The summed E-state index contributed by atoms with van der Waals surface area (Å²) in [5.41, 5.74) is 4.62. The van der Waals surface area contributed by atoms with Crippen LogP contribution >= 0.6 is 0 Å². The molecule has 0 amide bonds. The zero-order valence-electron chi connectivity index (χ0n) is 11.9. The van der Waals surface area contributed by atoms with E-state index in [-0.39, 0.29) is 11.5 Å². The van der Waals surface area contributed by atoms with E-state index in [0.717, 1.165) is 32.3 Å². The van der Waals surface area contributed by atoms with Crippen molar-refractivity contribution in [2.75, 3.05) is 40.1 Å². The van der Waals surface area contributed by atoms with E-state index in [1.807, 2.05) is 0 Å². The molecule has 19 heavy (non-hydrogen) atoms. The number of methoxy groups -OCH3 is 1. The fourth-order valence-electron chi connectivity index (χ4n) is 3.40. The lowest BCUT2D eigenvalue weighted by Gasteiger charge is -2.44. The summed E-state index contributed by atoms with van der Waals surface area (Å²) in [5.74, 6) is 0.203. The van der Waals surface area contributed by atoms with E-state index >= 15 is 0 Å². The van der Waals surface area contributed by atoms with Crippen LogP contribution < -0.4 is 5.73 Å². The van der Waals surface area contributed by atoms with Crippen molar-refractivity contribution in [3.8, 4) is 0 Å². The Labute approximate surface area is 115 Å². The minimum absolute atomic E-state index is 0.173. The first kappa shape index (κ1) is 15.2. The van der Waals surface area contributed by atoms with Gasteiger partial charge in [-0.15, -0.1) is 0 Å². The third-order valence-corrected chi connectivity index (χ3v) is 4.53. The van der Waals surface area contributed by atoms with Gasteiger partial charge in [0.1, 0.15) is 0 Å². The van der Waals surface area contributed by atoms with E-state index in [1.165, 1.54) is 0 Å². The molecule has 2 saturated heterocycles. The van der Waals surface area contributed by atoms with Gasteiger partial charge in [-0.2, -0.15) is 0 Å². The molecule has 2 fully saturated rings. The highest BCUT2D eigenvalue weighted by Crippen LogP contribution is 2.41. The third-order valence-electron chi connectivity index (χ3n) is 4.53. The van der Waals surface area contributed by atoms with Gasteiger partial charge in [-0.05, 0) is 38.1 Å². The molecule has 0 aromatic heterocycles. The molecule has 2 rings (SSSR count). The molecule has 112 valence electrons. The Morgan fingerprint density at radius 1 is 1.47 bits per heavy atom. The van der Waals surface area contributed by atoms with Gasteiger partial charge in [0.15, 0.2) is 0 Å². The Balaban J connectivity index is 2.03. The van der Waals surface area contributed by atoms with Crippen molar-refractivity contribution in [3.05, 3.63) is 0 Å². The van der Waals surface area contributed by atoms with Crippen LogP contribution in [0, 0.1) is 5.92 Å². The topological polar surface area (TPSA) is 73.9 Å². The van der Waals surface area contributed by atoms with Crippen LogP contribution in [0.15, 0.2) is 0 Å². The molecule has 5 heteroatoms. The fraction of sp³-hybridized carbons (Fsp3) is 1.00. The van der Waals surface area contributed by atoms with E-state index in [2.05, 4.69) is 0 Å². The largest absolute Gasteiger partial charge is 0.387 e. The molecule has 3 unspecified atom stereocenters. The highest BCUT2D eigenvalue weighted by atomic mass is 16.6. The Hall–Kier alpha value is -0.200. The van der Waals surface area contributed by atoms with E-state index in [9.17, 15) is 5.11 Å². The molecular weight excluding hydrogens is 246 g/mol. The Kier molecular flexibility index (Phi) is 5.20. The first-order chi connectivity index (χ1) is 9.14. The first-order valence-corrected chi connectivity index (χ1v) is 7.27. The number of nitrogens with two attached hydrogens (primary N) is 1. The summed E-state index contributed by atoms with van der Waals surface area (Å²) in [6.07, 6.45) is 4.19. The number of hydrogen-bond acceptors (Lipinski definition) is 5. The lowest BCUT2D eigenvalue weighted by molar-refractivity contribution is -0.159. The quantitative estimate of drug-likeness (QED) is 0.745. The lowest BCUT2D eigenvalue weighted by atomic mass is 9.73. The SMILES string of the molecule is COCC(O)(CCCN)C1CCOC2(CCOC2)C1. The van der Waals surface area contributed by atoms with Crippen LogP contribution in [0.3, 0.4) is 0 Å². The normalized spacial score (nSPS) is 34.6. The Bertz CT molecular complexity index is 281. The van der Waals surface area contributed by atoms with Gasteiger partial charge in [0.05, 0.1) is 24.4 Å². The molecule has 0 aromatic carbocycles. The molecule has 2 aliphatic heterocycles. The summed E-state index contributed by atoms with van der Waals surface area (Å²) in [5, 5.41) is 10.9. The molecule has 0 aliphatic carbocycles. The molecule has 0 bridgehead atoms. The predicted octanol–water partition coefficient (Wildman–Crippen LogP) is 0.689. The van der Waals surface area contributed by atoms with Crippen LogP contribution in [0.25, 0.3) is 0 Å². The van der Waals surface area contributed by atoms with Crippen LogP contribution in [-0.4, -0.2) is 56.4 Å². The molecule has 1 spiro atoms. The molecule has 2 heterocycles. The summed E-state index contributed by atoms with van der Waals surface area (Å²) in [4.78, 5) is 0. The number of hydrogen-bond donors (Lipinski definition) is 2. The van der Waals surface area contributed by atoms with Crippen LogP contribution in [0.2, 0.25) is 0 Å². The Morgan fingerprint density at radius 3 is 2.95 bits per heavy atom. The van der Waals surface area contributed by atoms with Gasteiger partial charge in [-0.1, -0.05) is 0 Å². The maximum atomic E-state index is 10.9. The second kappa shape index (κ2) is 6.50. The number of rotatable bonds is 6. The summed E-state index contributed by atoms with van der Waals surface area (Å²) >= 11 is 0. The van der Waals surface area contributed by atoms with Gasteiger partial charge in [0.2, 0.25) is 0 Å². The second-order valence-electron chi connectivity index (χ2n) is 5.95. The van der Waals surface area contributed by atoms with E-state index in [4.69, 9.17) is 19.9 Å². The molecular formula is C14H27NO4.